The molecule has 0 unspecified atom stereocenters. The molecule has 0 aliphatic heterocycles. The van der Waals surface area contributed by atoms with Crippen LogP contribution in [0.4, 0.5) is 5.95 Å². The Kier molecular flexibility index (Phi) is 3.73. The van der Waals surface area contributed by atoms with Crippen LogP contribution in [0.15, 0.2) is 36.5 Å². The SMILES string of the molecule is c1ccc(CNc2ncc3c(n2)CCCCC3)cc1. The Bertz CT molecular complexity index is 537. The van der Waals surface area contributed by atoms with Crippen LogP contribution in [0.2, 0.25) is 0 Å². The molecule has 0 fully saturated rings. The van der Waals surface area contributed by atoms with Crippen LogP contribution in [-0.2, 0) is 19.4 Å². The monoisotopic (exact) mass is 253 g/mol. The predicted octanol–water partition coefficient (Wildman–Crippen LogP) is 3.36. The van der Waals surface area contributed by atoms with Crippen LogP contribution in [0.5, 0.6) is 0 Å². The largest absolute Gasteiger partial charge is 0.350 e. The van der Waals surface area contributed by atoms with E-state index in [1.807, 2.05) is 12.3 Å². The molecule has 1 aliphatic rings. The second-order valence-electron chi connectivity index (χ2n) is 5.07. The molecule has 2 aromatic rings. The molecule has 0 radical (unpaired) electrons. The van der Waals surface area contributed by atoms with Crippen LogP contribution in [0, 0.1) is 0 Å². The molecule has 98 valence electrons. The third-order valence-electron chi connectivity index (χ3n) is 3.61. The van der Waals surface area contributed by atoms with Gasteiger partial charge in [0.2, 0.25) is 5.95 Å². The smallest absolute Gasteiger partial charge is 0.223 e. The van der Waals surface area contributed by atoms with Crippen LogP contribution in [0.1, 0.15) is 36.1 Å². The second-order valence-corrected chi connectivity index (χ2v) is 5.07. The Morgan fingerprint density at radius 3 is 2.74 bits per heavy atom. The van der Waals surface area contributed by atoms with E-state index in [9.17, 15) is 0 Å². The van der Waals surface area contributed by atoms with Crippen molar-refractivity contribution < 1.29 is 0 Å². The summed E-state index contributed by atoms with van der Waals surface area (Å²) in [6.45, 7) is 0.777. The number of rotatable bonds is 3. The molecule has 19 heavy (non-hydrogen) atoms. The topological polar surface area (TPSA) is 37.8 Å². The summed E-state index contributed by atoms with van der Waals surface area (Å²) in [5.41, 5.74) is 3.83. The van der Waals surface area contributed by atoms with Gasteiger partial charge in [-0.05, 0) is 36.8 Å². The van der Waals surface area contributed by atoms with Gasteiger partial charge in [0, 0.05) is 18.4 Å². The molecule has 0 spiro atoms. The zero-order chi connectivity index (χ0) is 12.9. The Morgan fingerprint density at radius 1 is 1.00 bits per heavy atom. The number of aromatic nitrogens is 2. The van der Waals surface area contributed by atoms with E-state index in [-0.39, 0.29) is 0 Å². The molecular weight excluding hydrogens is 234 g/mol. The van der Waals surface area contributed by atoms with Gasteiger partial charge in [-0.15, -0.1) is 0 Å². The predicted molar refractivity (Wildman–Crippen MR) is 77.1 cm³/mol. The van der Waals surface area contributed by atoms with Crippen LogP contribution in [-0.4, -0.2) is 9.97 Å². The van der Waals surface area contributed by atoms with Crippen LogP contribution in [0.25, 0.3) is 0 Å². The first kappa shape index (κ1) is 12.2. The Hall–Kier alpha value is -1.90. The number of hydrogen-bond donors (Lipinski definition) is 1. The molecule has 3 heteroatoms. The van der Waals surface area contributed by atoms with Gasteiger partial charge in [-0.1, -0.05) is 36.8 Å². The highest BCUT2D eigenvalue weighted by molar-refractivity contribution is 5.32. The van der Waals surface area contributed by atoms with Crippen molar-refractivity contribution in [2.75, 3.05) is 5.32 Å². The minimum Gasteiger partial charge on any atom is -0.350 e. The summed E-state index contributed by atoms with van der Waals surface area (Å²) in [4.78, 5) is 9.09. The first-order valence-corrected chi connectivity index (χ1v) is 7.04. The fourth-order valence-corrected chi connectivity index (χ4v) is 2.51. The third-order valence-corrected chi connectivity index (χ3v) is 3.61. The maximum atomic E-state index is 4.67. The summed E-state index contributed by atoms with van der Waals surface area (Å²) in [5.74, 6) is 0.754. The van der Waals surface area contributed by atoms with Crippen molar-refractivity contribution in [2.45, 2.75) is 38.6 Å². The van der Waals surface area contributed by atoms with E-state index < -0.39 is 0 Å². The van der Waals surface area contributed by atoms with E-state index in [2.05, 4.69) is 39.6 Å². The van der Waals surface area contributed by atoms with Gasteiger partial charge in [-0.3, -0.25) is 0 Å². The average Bonchev–Trinajstić information content (AvgIpc) is 2.71. The van der Waals surface area contributed by atoms with Gasteiger partial charge in [0.05, 0.1) is 0 Å². The van der Waals surface area contributed by atoms with Crippen molar-refractivity contribution in [2.24, 2.45) is 0 Å². The lowest BCUT2D eigenvalue weighted by Crippen LogP contribution is -2.06. The number of hydrogen-bond acceptors (Lipinski definition) is 3. The van der Waals surface area contributed by atoms with E-state index in [4.69, 9.17) is 0 Å². The van der Waals surface area contributed by atoms with E-state index in [1.54, 1.807) is 0 Å². The second kappa shape index (κ2) is 5.83. The van der Waals surface area contributed by atoms with Crippen molar-refractivity contribution in [1.29, 1.82) is 0 Å². The molecular formula is C16H19N3. The Labute approximate surface area is 114 Å². The lowest BCUT2D eigenvalue weighted by molar-refractivity contribution is 0.708. The maximum absolute atomic E-state index is 4.67. The van der Waals surface area contributed by atoms with Gasteiger partial charge in [0.15, 0.2) is 0 Å². The lowest BCUT2D eigenvalue weighted by atomic mass is 10.1. The number of nitrogens with one attached hydrogen (secondary N) is 1. The molecule has 1 aromatic heterocycles. The zero-order valence-electron chi connectivity index (χ0n) is 11.1. The number of nitrogens with zero attached hydrogens (tertiary/aromatic N) is 2. The first-order valence-electron chi connectivity index (χ1n) is 7.04. The standard InChI is InChI=1S/C16H19N3/c1-3-7-13(8-4-1)11-17-16-18-12-14-9-5-2-6-10-15(14)19-16/h1,3-4,7-8,12H,2,5-6,9-11H2,(H,17,18,19). The number of anilines is 1. The van der Waals surface area contributed by atoms with Crippen molar-refractivity contribution in [3.05, 3.63) is 53.3 Å². The summed E-state index contributed by atoms with van der Waals surface area (Å²) in [6.07, 6.45) is 8.06. The van der Waals surface area contributed by atoms with Gasteiger partial charge in [0.1, 0.15) is 0 Å². The minimum atomic E-state index is 0.754. The quantitative estimate of drug-likeness (QED) is 0.852. The summed E-state index contributed by atoms with van der Waals surface area (Å²) in [7, 11) is 0. The van der Waals surface area contributed by atoms with Crippen molar-refractivity contribution in [1.82, 2.24) is 9.97 Å². The van der Waals surface area contributed by atoms with Crippen LogP contribution in [0.3, 0.4) is 0 Å². The lowest BCUT2D eigenvalue weighted by Gasteiger charge is -2.08. The van der Waals surface area contributed by atoms with Crippen molar-refractivity contribution >= 4 is 5.95 Å². The van der Waals surface area contributed by atoms with Gasteiger partial charge < -0.3 is 5.32 Å². The Morgan fingerprint density at radius 2 is 1.84 bits per heavy atom. The average molecular weight is 253 g/mol. The maximum Gasteiger partial charge on any atom is 0.223 e. The number of benzene rings is 1. The normalized spacial score (nSPS) is 14.5. The van der Waals surface area contributed by atoms with E-state index >= 15 is 0 Å². The molecule has 3 rings (SSSR count). The fourth-order valence-electron chi connectivity index (χ4n) is 2.51. The molecule has 1 aliphatic carbocycles. The van der Waals surface area contributed by atoms with Crippen molar-refractivity contribution in [3.63, 3.8) is 0 Å². The first-order chi connectivity index (χ1) is 9.42. The highest BCUT2D eigenvalue weighted by Crippen LogP contribution is 2.19. The molecule has 1 aromatic carbocycles. The fraction of sp³-hybridized carbons (Fsp3) is 0.375. The van der Waals surface area contributed by atoms with Crippen LogP contribution >= 0.6 is 0 Å². The summed E-state index contributed by atoms with van der Waals surface area (Å²) < 4.78 is 0. The number of aryl methyl sites for hydroxylation is 2. The highest BCUT2D eigenvalue weighted by Gasteiger charge is 2.10. The molecule has 0 saturated carbocycles. The summed E-state index contributed by atoms with van der Waals surface area (Å²) in [6, 6.07) is 10.3. The minimum absolute atomic E-state index is 0.754. The third kappa shape index (κ3) is 3.11. The van der Waals surface area contributed by atoms with Gasteiger partial charge in [0.25, 0.3) is 0 Å². The highest BCUT2D eigenvalue weighted by atomic mass is 15.1. The van der Waals surface area contributed by atoms with Gasteiger partial charge in [-0.25, -0.2) is 9.97 Å². The van der Waals surface area contributed by atoms with Gasteiger partial charge in [-0.2, -0.15) is 0 Å². The number of fused-ring (bicyclic) bond motifs is 1. The molecule has 0 amide bonds. The van der Waals surface area contributed by atoms with Crippen molar-refractivity contribution in [3.8, 4) is 0 Å². The molecule has 0 saturated heterocycles. The van der Waals surface area contributed by atoms with Crippen LogP contribution < -0.4 is 5.32 Å². The Balaban J connectivity index is 1.70. The molecule has 0 bridgehead atoms. The molecule has 0 atom stereocenters. The summed E-state index contributed by atoms with van der Waals surface area (Å²) in [5, 5.41) is 3.31. The zero-order valence-corrected chi connectivity index (χ0v) is 11.1. The van der Waals surface area contributed by atoms with E-state index in [0.717, 1.165) is 25.3 Å². The molecule has 1 heterocycles. The molecule has 3 nitrogen and oxygen atoms in total. The van der Waals surface area contributed by atoms with E-state index in [1.165, 1.54) is 36.1 Å². The van der Waals surface area contributed by atoms with Gasteiger partial charge >= 0.3 is 0 Å². The van der Waals surface area contributed by atoms with E-state index in [0.29, 0.717) is 0 Å². The summed E-state index contributed by atoms with van der Waals surface area (Å²) >= 11 is 0. The molecule has 1 N–H and O–H groups in total.